The molecule has 2 aromatic heterocycles. The number of rotatable bonds is 32. The van der Waals surface area contributed by atoms with E-state index in [-0.39, 0.29) is 78.8 Å². The van der Waals surface area contributed by atoms with Crippen molar-refractivity contribution in [2.75, 3.05) is 48.0 Å². The first kappa shape index (κ1) is 58.6. The fraction of sp³-hybridized carbons (Fsp3) is 0.512. The average molecular weight is 1040 g/mol. The van der Waals surface area contributed by atoms with Crippen LogP contribution in [-0.4, -0.2) is 182 Å². The summed E-state index contributed by atoms with van der Waals surface area (Å²) in [5.74, 6) is -9.11. The lowest BCUT2D eigenvalue weighted by molar-refractivity contribution is -0.144. The topological polar surface area (TPSA) is 471 Å². The number of nitrogens with two attached hydrogens (primary N) is 2. The zero-order valence-electron chi connectivity index (χ0n) is 38.0. The van der Waals surface area contributed by atoms with E-state index in [2.05, 4.69) is 46.5 Å². The van der Waals surface area contributed by atoms with Crippen LogP contribution in [0.1, 0.15) is 61.5 Å². The number of carbonyl (C=O) groups excluding carboxylic acids is 5. The molecule has 1 aromatic carbocycles. The number of hydrogen-bond acceptors (Lipinski definition) is 23. The molecule has 3 rings (SSSR count). The van der Waals surface area contributed by atoms with Gasteiger partial charge in [0.25, 0.3) is 5.91 Å². The van der Waals surface area contributed by atoms with Crippen LogP contribution in [-0.2, 0) is 44.8 Å². The van der Waals surface area contributed by atoms with Gasteiger partial charge in [0, 0.05) is 54.5 Å². The van der Waals surface area contributed by atoms with Gasteiger partial charge in [0.15, 0.2) is 17.0 Å². The minimum atomic E-state index is -1.97. The van der Waals surface area contributed by atoms with Gasteiger partial charge in [0.2, 0.25) is 23.7 Å². The number of amides is 4. The Kier molecular flexibility index (Phi) is 24.3. The van der Waals surface area contributed by atoms with E-state index in [0.29, 0.717) is 11.4 Å². The molecular weight excluding hydrogens is 983 g/mol. The molecule has 28 nitrogen and oxygen atoms in total. The van der Waals surface area contributed by atoms with E-state index in [1.807, 2.05) is 0 Å². The molecule has 17 N–H and O–H groups in total. The van der Waals surface area contributed by atoms with E-state index in [1.54, 1.807) is 12.1 Å². The summed E-state index contributed by atoms with van der Waals surface area (Å²) in [7, 11) is 2.04. The number of anilines is 3. The standard InChI is InChI=1S/C41H57N11O17S2/c1-19(2-10-29(57)58)36(62)48-23(7-9-28(56)45-16-26(54)32(60)33(61)27(55)17-53)38(64)50-25(40(67)68)18-71-70-13-12-69-30(59)11-8-24(39(65)66)49-37(63)20-3-5-21(6-4-20)44-14-22-15-46-35-31(47-22)34(42)51-41(43)52-35/h3-6,15,19,23-27,32-33,44,53-55,60-61H,2,7-14,16-18H2,1H3,(H,45,56)(H,48,62)(H,49,63)(H,50,64)(H,57,58)(H,65,66)(H,67,68)(H4,42,43,46,51,52)/t19-,23-,24-,25-,26-,27+,32+,33+/m0/s1. The van der Waals surface area contributed by atoms with Gasteiger partial charge in [-0.3, -0.25) is 28.8 Å². The lowest BCUT2D eigenvalue weighted by atomic mass is 10.0. The molecular formula is C41H57N11O17S2. The number of nitrogen functional groups attached to an aromatic ring is 2. The minimum absolute atomic E-state index is 0.0372. The third kappa shape index (κ3) is 20.3. The zero-order valence-corrected chi connectivity index (χ0v) is 39.6. The number of nitrogens with one attached hydrogen (secondary N) is 5. The maximum absolute atomic E-state index is 13.3. The van der Waals surface area contributed by atoms with Gasteiger partial charge in [-0.15, -0.1) is 0 Å². The smallest absolute Gasteiger partial charge is 0.327 e. The quantitative estimate of drug-likeness (QED) is 0.0168. The summed E-state index contributed by atoms with van der Waals surface area (Å²) in [5, 5.41) is 89.1. The summed E-state index contributed by atoms with van der Waals surface area (Å²) in [5.41, 5.74) is 13.2. The van der Waals surface area contributed by atoms with E-state index < -0.39 is 122 Å². The van der Waals surface area contributed by atoms with E-state index in [1.165, 1.54) is 25.3 Å². The largest absolute Gasteiger partial charge is 0.481 e. The van der Waals surface area contributed by atoms with Crippen LogP contribution in [0.4, 0.5) is 17.5 Å². The molecule has 30 heteroatoms. The highest BCUT2D eigenvalue weighted by atomic mass is 33.1. The molecule has 3 aromatic rings. The molecule has 71 heavy (non-hydrogen) atoms. The molecule has 390 valence electrons. The Labute approximate surface area is 411 Å². The van der Waals surface area contributed by atoms with Gasteiger partial charge in [-0.1, -0.05) is 28.5 Å². The van der Waals surface area contributed by atoms with Gasteiger partial charge >= 0.3 is 23.9 Å². The summed E-state index contributed by atoms with van der Waals surface area (Å²) >= 11 is 0. The second kappa shape index (κ2) is 29.5. The number of benzene rings is 1. The molecule has 0 aliphatic heterocycles. The van der Waals surface area contributed by atoms with Crippen molar-refractivity contribution in [3.05, 3.63) is 41.7 Å². The molecule has 2 heterocycles. The number of aromatic nitrogens is 4. The predicted octanol–water partition coefficient (Wildman–Crippen LogP) is -3.03. The minimum Gasteiger partial charge on any atom is -0.481 e. The van der Waals surface area contributed by atoms with Crippen molar-refractivity contribution < 1.29 is 83.9 Å². The van der Waals surface area contributed by atoms with Gasteiger partial charge in [0.05, 0.1) is 31.1 Å². The Morgan fingerprint density at radius 2 is 1.39 bits per heavy atom. The number of esters is 1. The van der Waals surface area contributed by atoms with E-state index in [4.69, 9.17) is 26.4 Å². The number of carboxylic acids is 3. The number of aliphatic carboxylic acids is 3. The molecule has 0 radical (unpaired) electrons. The van der Waals surface area contributed by atoms with Crippen LogP contribution < -0.4 is 38.1 Å². The summed E-state index contributed by atoms with van der Waals surface area (Å²) in [6, 6.07) is 1.60. The first-order valence-electron chi connectivity index (χ1n) is 21.6. The highest BCUT2D eigenvalue weighted by Gasteiger charge is 2.32. The van der Waals surface area contributed by atoms with Crippen molar-refractivity contribution in [1.82, 2.24) is 41.2 Å². The van der Waals surface area contributed by atoms with Gasteiger partial charge < -0.3 is 83.6 Å². The van der Waals surface area contributed by atoms with Crippen LogP contribution >= 0.6 is 21.6 Å². The lowest BCUT2D eigenvalue weighted by Gasteiger charge is -2.26. The molecule has 0 saturated carbocycles. The van der Waals surface area contributed by atoms with Gasteiger partial charge in [-0.05, 0) is 43.5 Å². The molecule has 0 bridgehead atoms. The van der Waals surface area contributed by atoms with Crippen LogP contribution in [0, 0.1) is 5.92 Å². The Bertz CT molecular complexity index is 2320. The predicted molar refractivity (Wildman–Crippen MR) is 253 cm³/mol. The number of aliphatic hydroxyl groups is 5. The van der Waals surface area contributed by atoms with Crippen LogP contribution in [0.25, 0.3) is 11.2 Å². The van der Waals surface area contributed by atoms with Crippen molar-refractivity contribution in [1.29, 1.82) is 0 Å². The van der Waals surface area contributed by atoms with Crippen molar-refractivity contribution >= 4 is 97.7 Å². The van der Waals surface area contributed by atoms with Gasteiger partial charge in [0.1, 0.15) is 43.0 Å². The van der Waals surface area contributed by atoms with E-state index >= 15 is 0 Å². The Morgan fingerprint density at radius 1 is 0.746 bits per heavy atom. The lowest BCUT2D eigenvalue weighted by Crippen LogP contribution is -2.53. The molecule has 4 amide bonds. The molecule has 0 fully saturated rings. The first-order chi connectivity index (χ1) is 33.6. The van der Waals surface area contributed by atoms with Gasteiger partial charge in [-0.2, -0.15) is 9.97 Å². The highest BCUT2D eigenvalue weighted by Crippen LogP contribution is 2.22. The second-order valence-corrected chi connectivity index (χ2v) is 18.2. The number of ether oxygens (including phenoxy) is 1. The van der Waals surface area contributed by atoms with Crippen molar-refractivity contribution in [2.24, 2.45) is 5.92 Å². The number of carboxylic acid groups (broad SMARTS) is 3. The molecule has 0 unspecified atom stereocenters. The Morgan fingerprint density at radius 3 is 2.04 bits per heavy atom. The van der Waals surface area contributed by atoms with Crippen LogP contribution in [0.5, 0.6) is 0 Å². The number of carbonyl (C=O) groups is 8. The first-order valence-corrected chi connectivity index (χ1v) is 24.1. The van der Waals surface area contributed by atoms with E-state index in [9.17, 15) is 69.0 Å². The van der Waals surface area contributed by atoms with Gasteiger partial charge in [-0.25, -0.2) is 19.6 Å². The second-order valence-electron chi connectivity index (χ2n) is 15.6. The van der Waals surface area contributed by atoms with Crippen LogP contribution in [0.15, 0.2) is 30.5 Å². The molecule has 0 aliphatic carbocycles. The molecule has 0 saturated heterocycles. The fourth-order valence-electron chi connectivity index (χ4n) is 5.96. The maximum atomic E-state index is 13.3. The van der Waals surface area contributed by atoms with Crippen molar-refractivity contribution in [3.63, 3.8) is 0 Å². The Hall–Kier alpha value is -6.70. The third-order valence-electron chi connectivity index (χ3n) is 10.1. The summed E-state index contributed by atoms with van der Waals surface area (Å²) in [4.78, 5) is 116. The highest BCUT2D eigenvalue weighted by molar-refractivity contribution is 8.76. The van der Waals surface area contributed by atoms with Crippen LogP contribution in [0.3, 0.4) is 0 Å². The SMILES string of the molecule is C[C@@H](CCC(=O)O)C(=O)N[C@@H](CCC(=O)NC[C@H](O)[C@@H](O)[C@H](O)[C@H](O)CO)C(=O)N[C@@H](CSSCCOC(=O)CC[C@H](NC(=O)c1ccc(NCc2cnc3nc(N)nc(N)c3n2)cc1)C(=O)O)C(=O)O. The third-order valence-corrected chi connectivity index (χ3v) is 12.5. The number of fused-ring (bicyclic) bond motifs is 1. The fourth-order valence-corrected chi connectivity index (χ4v) is 7.95. The molecule has 8 atom stereocenters. The monoisotopic (exact) mass is 1040 g/mol. The van der Waals surface area contributed by atoms with E-state index in [0.717, 1.165) is 21.6 Å². The summed E-state index contributed by atoms with van der Waals surface area (Å²) in [6.07, 6.45) is -8.10. The number of hydrogen-bond donors (Lipinski definition) is 15. The van der Waals surface area contributed by atoms with Crippen molar-refractivity contribution in [3.8, 4) is 0 Å². The Balaban J connectivity index is 1.44. The normalized spacial score (nSPS) is 14.6. The number of nitrogens with zero attached hydrogens (tertiary/aromatic N) is 4. The summed E-state index contributed by atoms with van der Waals surface area (Å²) < 4.78 is 5.15. The zero-order chi connectivity index (χ0) is 52.8. The number of aliphatic hydroxyl groups excluding tert-OH is 5. The van der Waals surface area contributed by atoms with Crippen molar-refractivity contribution in [2.45, 2.75) is 94.5 Å². The summed E-state index contributed by atoms with van der Waals surface area (Å²) in [6.45, 7) is -0.123. The maximum Gasteiger partial charge on any atom is 0.327 e. The van der Waals surface area contributed by atoms with Crippen LogP contribution in [0.2, 0.25) is 0 Å². The average Bonchev–Trinajstić information content (AvgIpc) is 3.33. The molecule has 0 aliphatic rings. The molecule has 0 spiro atoms.